The number of amides is 2. The van der Waals surface area contributed by atoms with Gasteiger partial charge < -0.3 is 10.5 Å². The number of anilines is 1. The maximum absolute atomic E-state index is 12.3. The molecule has 7 rings (SSSR count). The maximum Gasteiger partial charge on any atom is 0.235 e. The zero-order valence-corrected chi connectivity index (χ0v) is 24.0. The standard InChI is InChI=1S/C32H31N9O3/c33-30-28-29(20-6-8-24(9-7-20)44-23-4-2-1-3-5-23)39-41(31(28)37-19-36-30)22-12-14-40(15-13-22)17-21-16-26(35-18-34-21)25-10-11-27(42)38-32(25)43/h1-9,16,18-19,22,25H,10-15,17H2,(H2,33,36,37)(H,38,42,43). The predicted octanol–water partition coefficient (Wildman–Crippen LogP) is 4.02. The van der Waals surface area contributed by atoms with Crippen LogP contribution in [0.1, 0.15) is 49.0 Å². The molecule has 3 N–H and O–H groups in total. The summed E-state index contributed by atoms with van der Waals surface area (Å²) in [5.41, 5.74) is 10.2. The number of imide groups is 1. The highest BCUT2D eigenvalue weighted by molar-refractivity contribution is 6.00. The molecule has 222 valence electrons. The molecule has 2 aliphatic rings. The van der Waals surface area contributed by atoms with Crippen LogP contribution >= 0.6 is 0 Å². The highest BCUT2D eigenvalue weighted by atomic mass is 16.5. The summed E-state index contributed by atoms with van der Waals surface area (Å²) in [6.45, 7) is 2.32. The van der Waals surface area contributed by atoms with Crippen LogP contribution in [0.5, 0.6) is 11.5 Å². The third-order valence-corrected chi connectivity index (χ3v) is 8.25. The number of para-hydroxylation sites is 1. The van der Waals surface area contributed by atoms with Crippen molar-refractivity contribution < 1.29 is 14.3 Å². The third-order valence-electron chi connectivity index (χ3n) is 8.25. The average molecular weight is 590 g/mol. The number of carbonyl (C=O) groups excluding carboxylic acids is 2. The van der Waals surface area contributed by atoms with Crippen LogP contribution in [0.25, 0.3) is 22.3 Å². The van der Waals surface area contributed by atoms with Crippen molar-refractivity contribution in [3.05, 3.63) is 84.7 Å². The minimum Gasteiger partial charge on any atom is -0.457 e. The number of nitrogens with two attached hydrogens (primary N) is 1. The molecule has 5 aromatic rings. The minimum absolute atomic E-state index is 0.141. The molecule has 2 saturated heterocycles. The number of hydrogen-bond acceptors (Lipinski definition) is 10. The molecule has 2 fully saturated rings. The molecule has 2 aliphatic heterocycles. The second kappa shape index (κ2) is 11.8. The number of nitrogens with zero attached hydrogens (tertiary/aromatic N) is 7. The van der Waals surface area contributed by atoms with Crippen LogP contribution in [0.15, 0.2) is 73.3 Å². The van der Waals surface area contributed by atoms with Gasteiger partial charge in [-0.2, -0.15) is 5.10 Å². The number of piperidine rings is 2. The fourth-order valence-corrected chi connectivity index (χ4v) is 5.98. The largest absolute Gasteiger partial charge is 0.457 e. The van der Waals surface area contributed by atoms with Crippen molar-refractivity contribution in [3.8, 4) is 22.8 Å². The quantitative estimate of drug-likeness (QED) is 0.266. The van der Waals surface area contributed by atoms with Crippen molar-refractivity contribution in [3.63, 3.8) is 0 Å². The molecule has 44 heavy (non-hydrogen) atoms. The molecule has 12 heteroatoms. The Labute approximate surface area is 253 Å². The van der Waals surface area contributed by atoms with Crippen molar-refractivity contribution in [2.45, 2.75) is 44.2 Å². The molecule has 0 radical (unpaired) electrons. The molecule has 0 bridgehead atoms. The number of benzene rings is 2. The van der Waals surface area contributed by atoms with Gasteiger partial charge in [0.2, 0.25) is 11.8 Å². The zero-order valence-electron chi connectivity index (χ0n) is 24.0. The maximum atomic E-state index is 12.3. The Bertz CT molecular complexity index is 1820. The second-order valence-corrected chi connectivity index (χ2v) is 11.1. The molecule has 0 spiro atoms. The molecular weight excluding hydrogens is 558 g/mol. The second-order valence-electron chi connectivity index (χ2n) is 11.1. The van der Waals surface area contributed by atoms with Crippen LogP contribution < -0.4 is 15.8 Å². The van der Waals surface area contributed by atoms with E-state index in [4.69, 9.17) is 15.6 Å². The number of nitrogen functional groups attached to an aromatic ring is 1. The molecule has 3 aromatic heterocycles. The predicted molar refractivity (Wildman–Crippen MR) is 162 cm³/mol. The Morgan fingerprint density at radius 1 is 0.886 bits per heavy atom. The lowest BCUT2D eigenvalue weighted by molar-refractivity contribution is -0.134. The summed E-state index contributed by atoms with van der Waals surface area (Å²) >= 11 is 0. The van der Waals surface area contributed by atoms with Gasteiger partial charge in [-0.15, -0.1) is 0 Å². The normalized spacial score (nSPS) is 18.0. The van der Waals surface area contributed by atoms with E-state index < -0.39 is 5.92 Å². The van der Waals surface area contributed by atoms with E-state index in [9.17, 15) is 9.59 Å². The number of hydrogen-bond donors (Lipinski definition) is 2. The van der Waals surface area contributed by atoms with Gasteiger partial charge in [0.05, 0.1) is 28.7 Å². The Morgan fingerprint density at radius 2 is 1.64 bits per heavy atom. The van der Waals surface area contributed by atoms with Crippen LogP contribution in [0.2, 0.25) is 0 Å². The van der Waals surface area contributed by atoms with Crippen molar-refractivity contribution in [2.75, 3.05) is 18.8 Å². The van der Waals surface area contributed by atoms with Crippen molar-refractivity contribution in [1.82, 2.24) is 39.9 Å². The Balaban J connectivity index is 1.06. The van der Waals surface area contributed by atoms with Crippen LogP contribution in [0.3, 0.4) is 0 Å². The first-order valence-corrected chi connectivity index (χ1v) is 14.7. The average Bonchev–Trinajstić information content (AvgIpc) is 3.43. The van der Waals surface area contributed by atoms with E-state index in [1.54, 1.807) is 0 Å². The smallest absolute Gasteiger partial charge is 0.235 e. The molecular formula is C32H31N9O3. The van der Waals surface area contributed by atoms with Gasteiger partial charge in [-0.1, -0.05) is 18.2 Å². The first-order chi connectivity index (χ1) is 21.5. The van der Waals surface area contributed by atoms with Gasteiger partial charge in [-0.05, 0) is 61.7 Å². The van der Waals surface area contributed by atoms with E-state index in [0.717, 1.165) is 65.4 Å². The molecule has 1 unspecified atom stereocenters. The van der Waals surface area contributed by atoms with E-state index in [1.165, 1.54) is 12.7 Å². The van der Waals surface area contributed by atoms with Gasteiger partial charge in [0.15, 0.2) is 5.65 Å². The monoisotopic (exact) mass is 589 g/mol. The first kappa shape index (κ1) is 27.6. The van der Waals surface area contributed by atoms with E-state index in [1.807, 2.05) is 65.3 Å². The number of nitrogens with one attached hydrogen (secondary N) is 1. The number of fused-ring (bicyclic) bond motifs is 1. The van der Waals surface area contributed by atoms with Gasteiger partial charge in [-0.3, -0.25) is 19.8 Å². The molecule has 2 amide bonds. The van der Waals surface area contributed by atoms with E-state index in [2.05, 4.69) is 30.2 Å². The lowest BCUT2D eigenvalue weighted by Crippen LogP contribution is -2.39. The van der Waals surface area contributed by atoms with Crippen LogP contribution in [0.4, 0.5) is 5.82 Å². The van der Waals surface area contributed by atoms with Crippen molar-refractivity contribution in [2.24, 2.45) is 0 Å². The highest BCUT2D eigenvalue weighted by Gasteiger charge is 2.30. The summed E-state index contributed by atoms with van der Waals surface area (Å²) in [6, 6.07) is 19.5. The lowest BCUT2D eigenvalue weighted by atomic mass is 9.94. The molecule has 0 aliphatic carbocycles. The van der Waals surface area contributed by atoms with Gasteiger partial charge in [0, 0.05) is 31.6 Å². The van der Waals surface area contributed by atoms with E-state index in [-0.39, 0.29) is 17.9 Å². The third kappa shape index (κ3) is 5.59. The fourth-order valence-electron chi connectivity index (χ4n) is 5.98. The van der Waals surface area contributed by atoms with E-state index in [0.29, 0.717) is 30.9 Å². The first-order valence-electron chi connectivity index (χ1n) is 14.7. The summed E-state index contributed by atoms with van der Waals surface area (Å²) in [6.07, 6.45) is 5.51. The van der Waals surface area contributed by atoms with Crippen molar-refractivity contribution in [1.29, 1.82) is 0 Å². The van der Waals surface area contributed by atoms with Crippen molar-refractivity contribution >= 4 is 28.7 Å². The Hall–Kier alpha value is -5.23. The Morgan fingerprint density at radius 3 is 2.41 bits per heavy atom. The molecule has 5 heterocycles. The fraction of sp³-hybridized carbons (Fsp3) is 0.281. The number of ether oxygens (including phenoxy) is 1. The topological polar surface area (TPSA) is 154 Å². The SMILES string of the molecule is Nc1ncnc2c1c(-c1ccc(Oc3ccccc3)cc1)nn2C1CCN(Cc2cc(C3CCC(=O)NC3=O)ncn2)CC1. The molecule has 2 aromatic carbocycles. The summed E-state index contributed by atoms with van der Waals surface area (Å²) in [5, 5.41) is 8.19. The van der Waals surface area contributed by atoms with Crippen LogP contribution in [-0.2, 0) is 16.1 Å². The number of rotatable bonds is 7. The van der Waals surface area contributed by atoms with E-state index >= 15 is 0 Å². The van der Waals surface area contributed by atoms with Gasteiger partial charge >= 0.3 is 0 Å². The summed E-state index contributed by atoms with van der Waals surface area (Å²) in [5.74, 6) is 0.944. The number of aromatic nitrogens is 6. The minimum atomic E-state index is -0.426. The number of carbonyl (C=O) groups is 2. The van der Waals surface area contributed by atoms with Gasteiger partial charge in [-0.25, -0.2) is 24.6 Å². The summed E-state index contributed by atoms with van der Waals surface area (Å²) in [7, 11) is 0. The highest BCUT2D eigenvalue weighted by Crippen LogP contribution is 2.35. The molecule has 0 saturated carbocycles. The summed E-state index contributed by atoms with van der Waals surface area (Å²) < 4.78 is 7.96. The van der Waals surface area contributed by atoms with Crippen LogP contribution in [-0.4, -0.2) is 59.5 Å². The summed E-state index contributed by atoms with van der Waals surface area (Å²) in [4.78, 5) is 43.8. The van der Waals surface area contributed by atoms with Crippen LogP contribution in [0, 0.1) is 0 Å². The molecule has 12 nitrogen and oxygen atoms in total. The molecule has 1 atom stereocenters. The zero-order chi connectivity index (χ0) is 30.0. The van der Waals surface area contributed by atoms with Gasteiger partial charge in [0.25, 0.3) is 0 Å². The Kier molecular flexibility index (Phi) is 7.40. The van der Waals surface area contributed by atoms with Gasteiger partial charge in [0.1, 0.15) is 35.7 Å². The number of likely N-dealkylation sites (tertiary alicyclic amines) is 1. The lowest BCUT2D eigenvalue weighted by Gasteiger charge is -2.32.